The molecule has 1 heterocycles. The van der Waals surface area contributed by atoms with Crippen molar-refractivity contribution in [3.8, 4) is 17.1 Å². The van der Waals surface area contributed by atoms with Gasteiger partial charge in [0.25, 0.3) is 5.91 Å². The van der Waals surface area contributed by atoms with Crippen LogP contribution in [0.4, 0.5) is 0 Å². The molecular formula is C24H27N3O3. The van der Waals surface area contributed by atoms with Crippen LogP contribution in [0, 0.1) is 0 Å². The number of nitrogens with zero attached hydrogens (tertiary/aromatic N) is 3. The molecule has 3 aromatic rings. The molecule has 2 aromatic carbocycles. The molecule has 30 heavy (non-hydrogen) atoms. The predicted octanol–water partition coefficient (Wildman–Crippen LogP) is 5.11. The molecular weight excluding hydrogens is 378 g/mol. The highest BCUT2D eigenvalue weighted by Crippen LogP contribution is 2.26. The topological polar surface area (TPSA) is 68.5 Å². The molecule has 6 heteroatoms. The van der Waals surface area contributed by atoms with E-state index in [1.807, 2.05) is 66.4 Å². The summed E-state index contributed by atoms with van der Waals surface area (Å²) >= 11 is 0. The minimum atomic E-state index is -0.00981. The first-order valence-electron chi connectivity index (χ1n) is 10.7. The highest BCUT2D eigenvalue weighted by atomic mass is 16.5. The molecule has 0 radical (unpaired) electrons. The molecule has 1 saturated carbocycles. The van der Waals surface area contributed by atoms with Crippen molar-refractivity contribution < 1.29 is 14.1 Å². The van der Waals surface area contributed by atoms with Gasteiger partial charge in [-0.05, 0) is 44.0 Å². The summed E-state index contributed by atoms with van der Waals surface area (Å²) in [6.07, 6.45) is 5.50. The average molecular weight is 405 g/mol. The predicted molar refractivity (Wildman–Crippen MR) is 114 cm³/mol. The van der Waals surface area contributed by atoms with E-state index in [0.29, 0.717) is 30.4 Å². The fourth-order valence-corrected chi connectivity index (χ4v) is 3.95. The Hall–Kier alpha value is -3.15. The van der Waals surface area contributed by atoms with Gasteiger partial charge < -0.3 is 14.2 Å². The van der Waals surface area contributed by atoms with Crippen molar-refractivity contribution in [1.29, 1.82) is 0 Å². The summed E-state index contributed by atoms with van der Waals surface area (Å²) < 4.78 is 11.0. The Morgan fingerprint density at radius 3 is 2.50 bits per heavy atom. The Labute approximate surface area is 176 Å². The zero-order valence-electron chi connectivity index (χ0n) is 17.3. The van der Waals surface area contributed by atoms with Gasteiger partial charge in [-0.15, -0.1) is 0 Å². The highest BCUT2D eigenvalue weighted by Gasteiger charge is 2.28. The Morgan fingerprint density at radius 2 is 1.80 bits per heavy atom. The van der Waals surface area contributed by atoms with E-state index in [1.165, 1.54) is 6.42 Å². The molecule has 1 amide bonds. The van der Waals surface area contributed by atoms with Gasteiger partial charge in [-0.2, -0.15) is 4.98 Å². The lowest BCUT2D eigenvalue weighted by Crippen LogP contribution is -2.41. The fourth-order valence-electron chi connectivity index (χ4n) is 3.95. The summed E-state index contributed by atoms with van der Waals surface area (Å²) in [7, 11) is 0. The quantitative estimate of drug-likeness (QED) is 0.546. The number of aromatic nitrogens is 2. The van der Waals surface area contributed by atoms with Crippen LogP contribution in [0.15, 0.2) is 59.1 Å². The first-order valence-corrected chi connectivity index (χ1v) is 10.7. The first-order chi connectivity index (χ1) is 14.7. The average Bonchev–Trinajstić information content (AvgIpc) is 3.28. The number of ether oxygens (including phenoxy) is 1. The van der Waals surface area contributed by atoms with Gasteiger partial charge in [-0.3, -0.25) is 4.79 Å². The van der Waals surface area contributed by atoms with Gasteiger partial charge in [-0.25, -0.2) is 0 Å². The summed E-state index contributed by atoms with van der Waals surface area (Å²) in [6.45, 7) is 2.86. The van der Waals surface area contributed by atoms with Gasteiger partial charge >= 0.3 is 0 Å². The number of carbonyl (C=O) groups is 1. The Balaban J connectivity index is 1.55. The number of hydrogen-bond donors (Lipinski definition) is 0. The minimum Gasteiger partial charge on any atom is -0.494 e. The molecule has 0 aliphatic heterocycles. The number of hydrogen-bond acceptors (Lipinski definition) is 5. The number of amides is 1. The molecule has 1 aliphatic carbocycles. The normalized spacial score (nSPS) is 14.4. The fraction of sp³-hybridized carbons (Fsp3) is 0.375. The van der Waals surface area contributed by atoms with Crippen molar-refractivity contribution >= 4 is 5.91 Å². The molecule has 1 aliphatic rings. The Bertz CT molecular complexity index is 947. The third kappa shape index (κ3) is 4.70. The molecule has 156 valence electrons. The van der Waals surface area contributed by atoms with E-state index in [4.69, 9.17) is 9.26 Å². The summed E-state index contributed by atoms with van der Waals surface area (Å²) in [5.74, 6) is 1.76. The van der Waals surface area contributed by atoms with Gasteiger partial charge in [0, 0.05) is 17.2 Å². The van der Waals surface area contributed by atoms with Crippen LogP contribution in [0.25, 0.3) is 11.4 Å². The zero-order chi connectivity index (χ0) is 20.8. The minimum absolute atomic E-state index is 0.00981. The number of carbonyl (C=O) groups excluding carboxylic acids is 1. The van der Waals surface area contributed by atoms with E-state index in [1.54, 1.807) is 0 Å². The van der Waals surface area contributed by atoms with Crippen LogP contribution in [0.3, 0.4) is 0 Å². The number of benzene rings is 2. The van der Waals surface area contributed by atoms with Crippen molar-refractivity contribution in [2.75, 3.05) is 6.61 Å². The van der Waals surface area contributed by atoms with E-state index in [9.17, 15) is 4.79 Å². The van der Waals surface area contributed by atoms with Gasteiger partial charge in [0.2, 0.25) is 11.7 Å². The third-order valence-corrected chi connectivity index (χ3v) is 5.49. The summed E-state index contributed by atoms with van der Waals surface area (Å²) in [6, 6.07) is 17.2. The van der Waals surface area contributed by atoms with Crippen molar-refractivity contribution in [3.05, 3.63) is 66.1 Å². The van der Waals surface area contributed by atoms with Gasteiger partial charge in [0.15, 0.2) is 0 Å². The maximum atomic E-state index is 13.4. The van der Waals surface area contributed by atoms with E-state index in [0.717, 1.165) is 37.0 Å². The lowest BCUT2D eigenvalue weighted by molar-refractivity contribution is 0.0586. The Morgan fingerprint density at radius 1 is 1.07 bits per heavy atom. The Kier molecular flexibility index (Phi) is 6.42. The lowest BCUT2D eigenvalue weighted by atomic mass is 9.93. The van der Waals surface area contributed by atoms with Crippen molar-refractivity contribution in [2.45, 2.75) is 51.6 Å². The van der Waals surface area contributed by atoms with Gasteiger partial charge in [0.1, 0.15) is 12.3 Å². The van der Waals surface area contributed by atoms with Crippen LogP contribution >= 0.6 is 0 Å². The van der Waals surface area contributed by atoms with Crippen LogP contribution in [-0.4, -0.2) is 33.6 Å². The molecule has 0 atom stereocenters. The second kappa shape index (κ2) is 9.57. The van der Waals surface area contributed by atoms with Crippen molar-refractivity contribution in [1.82, 2.24) is 15.0 Å². The third-order valence-electron chi connectivity index (χ3n) is 5.49. The summed E-state index contributed by atoms with van der Waals surface area (Å²) in [5, 5.41) is 4.11. The van der Waals surface area contributed by atoms with E-state index in [2.05, 4.69) is 10.1 Å². The maximum absolute atomic E-state index is 13.4. The van der Waals surface area contributed by atoms with E-state index < -0.39 is 0 Å². The second-order valence-corrected chi connectivity index (χ2v) is 7.56. The SMILES string of the molecule is CCOc1ccc(C(=O)N(Cc2nc(-c3ccccc3)no2)C2CCCCC2)cc1. The number of rotatable bonds is 7. The van der Waals surface area contributed by atoms with Crippen LogP contribution in [0.2, 0.25) is 0 Å². The van der Waals surface area contributed by atoms with Gasteiger partial charge in [-0.1, -0.05) is 54.8 Å². The van der Waals surface area contributed by atoms with E-state index in [-0.39, 0.29) is 11.9 Å². The van der Waals surface area contributed by atoms with Crippen molar-refractivity contribution in [2.24, 2.45) is 0 Å². The molecule has 0 saturated heterocycles. The van der Waals surface area contributed by atoms with Crippen LogP contribution in [-0.2, 0) is 6.54 Å². The second-order valence-electron chi connectivity index (χ2n) is 7.56. The lowest BCUT2D eigenvalue weighted by Gasteiger charge is -2.33. The first kappa shape index (κ1) is 20.1. The largest absolute Gasteiger partial charge is 0.494 e. The molecule has 1 aromatic heterocycles. The standard InChI is InChI=1S/C24H27N3O3/c1-2-29-21-15-13-19(14-16-21)24(28)27(20-11-7-4-8-12-20)17-22-25-23(26-30-22)18-9-5-3-6-10-18/h3,5-6,9-10,13-16,20H,2,4,7-8,11-12,17H2,1H3. The molecule has 4 rings (SSSR count). The van der Waals surface area contributed by atoms with Crippen LogP contribution in [0.1, 0.15) is 55.3 Å². The van der Waals surface area contributed by atoms with Gasteiger partial charge in [0.05, 0.1) is 6.61 Å². The van der Waals surface area contributed by atoms with Crippen LogP contribution in [0.5, 0.6) is 5.75 Å². The van der Waals surface area contributed by atoms with Crippen LogP contribution < -0.4 is 4.74 Å². The molecule has 6 nitrogen and oxygen atoms in total. The maximum Gasteiger partial charge on any atom is 0.254 e. The smallest absolute Gasteiger partial charge is 0.254 e. The highest BCUT2D eigenvalue weighted by molar-refractivity contribution is 5.94. The molecule has 0 bridgehead atoms. The molecule has 1 fully saturated rings. The molecule has 0 N–H and O–H groups in total. The summed E-state index contributed by atoms with van der Waals surface area (Å²) in [5.41, 5.74) is 1.54. The molecule has 0 spiro atoms. The monoisotopic (exact) mass is 405 g/mol. The van der Waals surface area contributed by atoms with Crippen molar-refractivity contribution in [3.63, 3.8) is 0 Å². The van der Waals surface area contributed by atoms with E-state index >= 15 is 0 Å². The summed E-state index contributed by atoms with van der Waals surface area (Å²) in [4.78, 5) is 19.8. The molecule has 0 unspecified atom stereocenters. The zero-order valence-corrected chi connectivity index (χ0v) is 17.3.